The topological polar surface area (TPSA) is 38.3 Å². The molecule has 0 radical (unpaired) electrons. The van der Waals surface area contributed by atoms with Crippen LogP contribution in [0.5, 0.6) is 0 Å². The fourth-order valence-corrected chi connectivity index (χ4v) is 1.90. The van der Waals surface area contributed by atoms with Gasteiger partial charge in [-0.05, 0) is 17.7 Å². The molecule has 0 saturated heterocycles. The van der Waals surface area contributed by atoms with E-state index in [0.29, 0.717) is 15.6 Å². The minimum Gasteiger partial charge on any atom is -0.465 e. The van der Waals surface area contributed by atoms with Crippen molar-refractivity contribution < 1.29 is 27.1 Å². The zero-order chi connectivity index (χ0) is 15.3. The van der Waals surface area contributed by atoms with Gasteiger partial charge in [0.15, 0.2) is 0 Å². The summed E-state index contributed by atoms with van der Waals surface area (Å²) in [6.07, 6.45) is -3.71. The van der Waals surface area contributed by atoms with E-state index >= 15 is 0 Å². The van der Waals surface area contributed by atoms with Crippen LogP contribution in [0.2, 0.25) is 0 Å². The van der Waals surface area contributed by atoms with Gasteiger partial charge >= 0.3 is 18.3 Å². The molecule has 1 rings (SSSR count). The minimum absolute atomic E-state index is 0.0374. The Morgan fingerprint density at radius 3 is 2.60 bits per heavy atom. The Morgan fingerprint density at radius 1 is 1.45 bits per heavy atom. The Balaban J connectivity index is 2.64. The van der Waals surface area contributed by atoms with Crippen LogP contribution in [-0.2, 0) is 11.3 Å². The summed E-state index contributed by atoms with van der Waals surface area (Å²) < 4.78 is 54.3. The first kappa shape index (κ1) is 16.9. The summed E-state index contributed by atoms with van der Waals surface area (Å²) in [7, 11) is 1.23. The second kappa shape index (κ2) is 7.03. The van der Waals surface area contributed by atoms with Gasteiger partial charge in [0.05, 0.1) is 19.2 Å². The number of benzene rings is 1. The number of ether oxygens (including phenoxy) is 1. The molecule has 20 heavy (non-hydrogen) atoms. The molecule has 0 aliphatic rings. The molecule has 0 aromatic heterocycles. The summed E-state index contributed by atoms with van der Waals surface area (Å²) in [6, 6.07) is 4.44. The van der Waals surface area contributed by atoms with Crippen molar-refractivity contribution in [2.75, 3.05) is 13.7 Å². The highest BCUT2D eigenvalue weighted by molar-refractivity contribution is 9.10. The standard InChI is InChI=1S/C12H12BrF4NO2/c1-20-10(19)7-2-3-8(9(13)4-7)5-18-6-12(16,17)11(14)15/h2-4,11,18H,5-6H2,1H3. The predicted molar refractivity (Wildman–Crippen MR) is 68.1 cm³/mol. The monoisotopic (exact) mass is 357 g/mol. The van der Waals surface area contributed by atoms with Crippen molar-refractivity contribution in [2.45, 2.75) is 18.9 Å². The Bertz CT molecular complexity index is 483. The third kappa shape index (κ3) is 4.45. The van der Waals surface area contributed by atoms with E-state index in [1.165, 1.54) is 25.3 Å². The van der Waals surface area contributed by atoms with Gasteiger partial charge in [0.2, 0.25) is 0 Å². The number of methoxy groups -OCH3 is 1. The van der Waals surface area contributed by atoms with Crippen LogP contribution in [0.25, 0.3) is 0 Å². The highest BCUT2D eigenvalue weighted by atomic mass is 79.9. The van der Waals surface area contributed by atoms with Gasteiger partial charge in [0.1, 0.15) is 0 Å². The number of carbonyl (C=O) groups excluding carboxylic acids is 1. The maximum Gasteiger partial charge on any atom is 0.337 e. The molecule has 0 atom stereocenters. The molecule has 1 N–H and O–H groups in total. The summed E-state index contributed by atoms with van der Waals surface area (Å²) in [6.45, 7) is -1.17. The lowest BCUT2D eigenvalue weighted by Crippen LogP contribution is -2.38. The molecule has 3 nitrogen and oxygen atoms in total. The summed E-state index contributed by atoms with van der Waals surface area (Å²) >= 11 is 3.17. The van der Waals surface area contributed by atoms with Crippen molar-refractivity contribution in [3.63, 3.8) is 0 Å². The average Bonchev–Trinajstić information content (AvgIpc) is 2.39. The van der Waals surface area contributed by atoms with Crippen LogP contribution < -0.4 is 5.32 Å². The lowest BCUT2D eigenvalue weighted by Gasteiger charge is -2.16. The molecule has 8 heteroatoms. The van der Waals surface area contributed by atoms with Crippen molar-refractivity contribution in [2.24, 2.45) is 0 Å². The normalized spacial score (nSPS) is 11.8. The minimum atomic E-state index is -4.07. The van der Waals surface area contributed by atoms with E-state index in [1.54, 1.807) is 0 Å². The first-order valence-electron chi connectivity index (χ1n) is 5.51. The van der Waals surface area contributed by atoms with Crippen LogP contribution in [0.4, 0.5) is 17.6 Å². The van der Waals surface area contributed by atoms with E-state index < -0.39 is 24.9 Å². The van der Waals surface area contributed by atoms with Crippen molar-refractivity contribution in [3.05, 3.63) is 33.8 Å². The molecule has 0 spiro atoms. The molecule has 0 amide bonds. The van der Waals surface area contributed by atoms with Gasteiger partial charge in [0.25, 0.3) is 0 Å². The zero-order valence-electron chi connectivity index (χ0n) is 10.4. The molecular weight excluding hydrogens is 346 g/mol. The quantitative estimate of drug-likeness (QED) is 0.627. The Labute approximate surface area is 121 Å². The fraction of sp³-hybridized carbons (Fsp3) is 0.417. The lowest BCUT2D eigenvalue weighted by atomic mass is 10.1. The van der Waals surface area contributed by atoms with Crippen LogP contribution in [0.1, 0.15) is 15.9 Å². The van der Waals surface area contributed by atoms with Gasteiger partial charge < -0.3 is 10.1 Å². The number of hydrogen-bond acceptors (Lipinski definition) is 3. The Kier molecular flexibility index (Phi) is 5.94. The smallest absolute Gasteiger partial charge is 0.337 e. The zero-order valence-corrected chi connectivity index (χ0v) is 12.0. The number of carbonyl (C=O) groups is 1. The maximum atomic E-state index is 12.7. The predicted octanol–water partition coefficient (Wildman–Crippen LogP) is 3.23. The van der Waals surface area contributed by atoms with Gasteiger partial charge in [-0.2, -0.15) is 8.78 Å². The molecule has 112 valence electrons. The molecule has 0 aliphatic heterocycles. The SMILES string of the molecule is COC(=O)c1ccc(CNCC(F)(F)C(F)F)c(Br)c1. The summed E-state index contributed by atoms with van der Waals surface area (Å²) in [5, 5.41) is 2.25. The molecule has 0 aliphatic carbocycles. The van der Waals surface area contributed by atoms with Crippen LogP contribution in [0.15, 0.2) is 22.7 Å². The highest BCUT2D eigenvalue weighted by Crippen LogP contribution is 2.23. The largest absolute Gasteiger partial charge is 0.465 e. The molecule has 0 unspecified atom stereocenters. The van der Waals surface area contributed by atoms with E-state index in [1.807, 2.05) is 0 Å². The first-order valence-corrected chi connectivity index (χ1v) is 6.30. The van der Waals surface area contributed by atoms with Gasteiger partial charge in [-0.1, -0.05) is 22.0 Å². The lowest BCUT2D eigenvalue weighted by molar-refractivity contribution is -0.125. The highest BCUT2D eigenvalue weighted by Gasteiger charge is 2.39. The van der Waals surface area contributed by atoms with E-state index in [2.05, 4.69) is 26.0 Å². The van der Waals surface area contributed by atoms with E-state index in [0.717, 1.165) is 0 Å². The summed E-state index contributed by atoms with van der Waals surface area (Å²) in [4.78, 5) is 11.3. The molecule has 0 fully saturated rings. The fourth-order valence-electron chi connectivity index (χ4n) is 1.38. The molecule has 1 aromatic rings. The van der Waals surface area contributed by atoms with Gasteiger partial charge in [-0.3, -0.25) is 0 Å². The van der Waals surface area contributed by atoms with Crippen molar-refractivity contribution in [1.82, 2.24) is 5.32 Å². The van der Waals surface area contributed by atoms with Crippen molar-refractivity contribution in [1.29, 1.82) is 0 Å². The number of rotatable bonds is 6. The second-order valence-corrected chi connectivity index (χ2v) is 4.82. The summed E-state index contributed by atoms with van der Waals surface area (Å²) in [5.74, 6) is -4.60. The average molecular weight is 358 g/mol. The number of esters is 1. The number of hydrogen-bond donors (Lipinski definition) is 1. The number of nitrogens with one attached hydrogen (secondary N) is 1. The van der Waals surface area contributed by atoms with Crippen LogP contribution in [0.3, 0.4) is 0 Å². The molecule has 0 saturated carbocycles. The van der Waals surface area contributed by atoms with Gasteiger partial charge in [-0.15, -0.1) is 0 Å². The summed E-state index contributed by atoms with van der Waals surface area (Å²) in [5.41, 5.74) is 0.851. The second-order valence-electron chi connectivity index (χ2n) is 3.96. The van der Waals surface area contributed by atoms with Crippen LogP contribution in [0, 0.1) is 0 Å². The number of alkyl halides is 4. The van der Waals surface area contributed by atoms with E-state index in [-0.39, 0.29) is 6.54 Å². The van der Waals surface area contributed by atoms with Crippen LogP contribution >= 0.6 is 15.9 Å². The first-order chi connectivity index (χ1) is 9.27. The van der Waals surface area contributed by atoms with Gasteiger partial charge in [-0.25, -0.2) is 13.6 Å². The third-order valence-corrected chi connectivity index (χ3v) is 3.21. The Morgan fingerprint density at radius 2 is 2.10 bits per heavy atom. The van der Waals surface area contributed by atoms with Crippen molar-refractivity contribution in [3.8, 4) is 0 Å². The molecular formula is C12H12BrF4NO2. The third-order valence-electron chi connectivity index (χ3n) is 2.47. The molecule has 0 heterocycles. The van der Waals surface area contributed by atoms with E-state index in [4.69, 9.17) is 0 Å². The Hall–Kier alpha value is -1.15. The maximum absolute atomic E-state index is 12.7. The molecule has 0 bridgehead atoms. The number of halogens is 5. The van der Waals surface area contributed by atoms with Crippen molar-refractivity contribution >= 4 is 21.9 Å². The van der Waals surface area contributed by atoms with Crippen LogP contribution in [-0.4, -0.2) is 32.0 Å². The molecule has 1 aromatic carbocycles. The van der Waals surface area contributed by atoms with Gasteiger partial charge in [0, 0.05) is 11.0 Å². The van der Waals surface area contributed by atoms with E-state index in [9.17, 15) is 22.4 Å².